The zero-order valence-electron chi connectivity index (χ0n) is 21.4. The first kappa shape index (κ1) is 26.4. The molecule has 3 heterocycles. The highest BCUT2D eigenvalue weighted by Gasteiger charge is 2.40. The Morgan fingerprint density at radius 3 is 2.59 bits per heavy atom. The van der Waals surface area contributed by atoms with E-state index in [0.29, 0.717) is 51.3 Å². The first-order chi connectivity index (χ1) is 17.8. The maximum Gasteiger partial charge on any atom is 0.407 e. The SMILES string of the molecule is CC(C)CN(C(=O)c1nc2ccccc2n1CCC#N)[C@H]1C[C@@H](C(=O)N2CCOCC2)CN(C(=O)O)C1. The van der Waals surface area contributed by atoms with Crippen molar-refractivity contribution in [1.82, 2.24) is 24.3 Å². The number of benzene rings is 1. The molecular formula is C26H34N6O5. The van der Waals surface area contributed by atoms with Gasteiger partial charge in [0.15, 0.2) is 5.82 Å². The highest BCUT2D eigenvalue weighted by molar-refractivity contribution is 5.95. The first-order valence-corrected chi connectivity index (χ1v) is 12.8. The Bertz CT molecular complexity index is 1180. The number of ether oxygens (including phenoxy) is 1. The number of aryl methyl sites for hydroxylation is 1. The monoisotopic (exact) mass is 510 g/mol. The Labute approximate surface area is 216 Å². The van der Waals surface area contributed by atoms with Crippen molar-refractivity contribution in [2.75, 3.05) is 45.9 Å². The molecule has 11 nitrogen and oxygen atoms in total. The maximum atomic E-state index is 14.1. The van der Waals surface area contributed by atoms with Crippen LogP contribution in [0.15, 0.2) is 24.3 Å². The summed E-state index contributed by atoms with van der Waals surface area (Å²) in [6.07, 6.45) is -0.517. The number of para-hydroxylation sites is 2. The molecule has 11 heteroatoms. The van der Waals surface area contributed by atoms with Crippen LogP contribution in [0, 0.1) is 23.2 Å². The van der Waals surface area contributed by atoms with Crippen molar-refractivity contribution >= 4 is 28.9 Å². The van der Waals surface area contributed by atoms with E-state index in [9.17, 15) is 24.8 Å². The third-order valence-electron chi connectivity index (χ3n) is 6.93. The lowest BCUT2D eigenvalue weighted by atomic mass is 9.91. The van der Waals surface area contributed by atoms with Crippen molar-refractivity contribution in [2.45, 2.75) is 39.3 Å². The van der Waals surface area contributed by atoms with Crippen molar-refractivity contribution in [3.8, 4) is 6.07 Å². The predicted octanol–water partition coefficient (Wildman–Crippen LogP) is 2.28. The van der Waals surface area contributed by atoms with Crippen LogP contribution < -0.4 is 0 Å². The van der Waals surface area contributed by atoms with Crippen LogP contribution in [0.3, 0.4) is 0 Å². The van der Waals surface area contributed by atoms with Crippen LogP contribution in [0.1, 0.15) is 37.3 Å². The summed E-state index contributed by atoms with van der Waals surface area (Å²) < 4.78 is 7.13. The highest BCUT2D eigenvalue weighted by atomic mass is 16.5. The maximum absolute atomic E-state index is 14.1. The van der Waals surface area contributed by atoms with Crippen LogP contribution in [0.5, 0.6) is 0 Å². The summed E-state index contributed by atoms with van der Waals surface area (Å²) in [6.45, 7) is 6.79. The van der Waals surface area contributed by atoms with E-state index in [-0.39, 0.29) is 43.1 Å². The third-order valence-corrected chi connectivity index (χ3v) is 6.93. The number of amides is 3. The molecule has 0 bridgehead atoms. The Balaban J connectivity index is 1.67. The molecule has 37 heavy (non-hydrogen) atoms. The number of likely N-dealkylation sites (tertiary alicyclic amines) is 1. The van der Waals surface area contributed by atoms with Crippen LogP contribution >= 0.6 is 0 Å². The van der Waals surface area contributed by atoms with Gasteiger partial charge in [0.25, 0.3) is 5.91 Å². The van der Waals surface area contributed by atoms with Gasteiger partial charge >= 0.3 is 6.09 Å². The van der Waals surface area contributed by atoms with Crippen LogP contribution in [0.25, 0.3) is 11.0 Å². The van der Waals surface area contributed by atoms with Gasteiger partial charge < -0.3 is 29.1 Å². The van der Waals surface area contributed by atoms with E-state index < -0.39 is 18.1 Å². The van der Waals surface area contributed by atoms with E-state index in [1.807, 2.05) is 38.1 Å². The van der Waals surface area contributed by atoms with Gasteiger partial charge in [-0.05, 0) is 24.5 Å². The number of carboxylic acid groups (broad SMARTS) is 1. The second-order valence-electron chi connectivity index (χ2n) is 10.0. The van der Waals surface area contributed by atoms with Gasteiger partial charge in [0.2, 0.25) is 5.91 Å². The third kappa shape index (κ3) is 5.85. The number of nitriles is 1. The number of nitrogens with zero attached hydrogens (tertiary/aromatic N) is 6. The molecule has 2 aromatic rings. The molecule has 0 radical (unpaired) electrons. The molecule has 2 atom stereocenters. The highest BCUT2D eigenvalue weighted by Crippen LogP contribution is 2.27. The second-order valence-corrected chi connectivity index (χ2v) is 10.0. The fraction of sp³-hybridized carbons (Fsp3) is 0.577. The minimum atomic E-state index is -1.11. The molecule has 1 aromatic carbocycles. The molecule has 4 rings (SSSR count). The average Bonchev–Trinajstić information content (AvgIpc) is 3.28. The number of hydrogen-bond acceptors (Lipinski definition) is 6. The summed E-state index contributed by atoms with van der Waals surface area (Å²) in [4.78, 5) is 48.7. The lowest BCUT2D eigenvalue weighted by molar-refractivity contribution is -0.142. The van der Waals surface area contributed by atoms with Crippen LogP contribution in [0.4, 0.5) is 4.79 Å². The Hall–Kier alpha value is -3.65. The number of carbonyl (C=O) groups excluding carboxylic acids is 2. The molecule has 0 saturated carbocycles. The fourth-order valence-corrected chi connectivity index (χ4v) is 5.22. The molecule has 2 aliphatic rings. The summed E-state index contributed by atoms with van der Waals surface area (Å²) in [5, 5.41) is 19.0. The van der Waals surface area contributed by atoms with E-state index in [2.05, 4.69) is 11.1 Å². The van der Waals surface area contributed by atoms with Crippen LogP contribution in [0.2, 0.25) is 0 Å². The summed E-state index contributed by atoms with van der Waals surface area (Å²) in [5.74, 6) is -0.641. The minimum absolute atomic E-state index is 0.0996. The average molecular weight is 511 g/mol. The number of aromatic nitrogens is 2. The molecule has 1 N–H and O–H groups in total. The number of carbonyl (C=O) groups is 3. The Morgan fingerprint density at radius 1 is 1.19 bits per heavy atom. The standard InChI is InChI=1S/C26H34N6O5/c1-18(2)15-32(25(34)23-28-21-6-3-4-7-22(21)31(23)9-5-8-27)20-14-19(16-30(17-20)26(35)36)24(33)29-10-12-37-13-11-29/h3-4,6-7,18-20H,5,9-17H2,1-2H3,(H,35,36)/t19-,20+/m1/s1. The van der Waals surface area contributed by atoms with Crippen molar-refractivity contribution in [3.63, 3.8) is 0 Å². The molecule has 2 saturated heterocycles. The number of piperidine rings is 1. The molecule has 3 amide bonds. The van der Waals surface area contributed by atoms with E-state index in [4.69, 9.17) is 4.74 Å². The zero-order chi connectivity index (χ0) is 26.5. The summed E-state index contributed by atoms with van der Waals surface area (Å²) in [7, 11) is 0. The van der Waals surface area contributed by atoms with Crippen molar-refractivity contribution in [2.24, 2.45) is 11.8 Å². The molecule has 0 unspecified atom stereocenters. The van der Waals surface area contributed by atoms with Gasteiger partial charge in [0.05, 0.1) is 48.7 Å². The predicted molar refractivity (Wildman–Crippen MR) is 135 cm³/mol. The quantitative estimate of drug-likeness (QED) is 0.604. The molecule has 0 aliphatic carbocycles. The van der Waals surface area contributed by atoms with Crippen molar-refractivity contribution in [3.05, 3.63) is 30.1 Å². The molecule has 2 fully saturated rings. The Morgan fingerprint density at radius 2 is 1.92 bits per heavy atom. The van der Waals surface area contributed by atoms with Gasteiger partial charge in [0.1, 0.15) is 0 Å². The number of fused-ring (bicyclic) bond motifs is 1. The topological polar surface area (TPSA) is 132 Å². The van der Waals surface area contributed by atoms with Gasteiger partial charge in [-0.2, -0.15) is 5.26 Å². The minimum Gasteiger partial charge on any atom is -0.465 e. The number of imidazole rings is 1. The normalized spacial score (nSPS) is 20.2. The van der Waals surface area contributed by atoms with Gasteiger partial charge in [-0.1, -0.05) is 26.0 Å². The second kappa shape index (κ2) is 11.6. The fourth-order valence-electron chi connectivity index (χ4n) is 5.22. The Kier molecular flexibility index (Phi) is 8.28. The summed E-state index contributed by atoms with van der Waals surface area (Å²) in [5.41, 5.74) is 1.42. The van der Waals surface area contributed by atoms with Gasteiger partial charge in [-0.3, -0.25) is 9.59 Å². The lowest BCUT2D eigenvalue weighted by Gasteiger charge is -2.43. The van der Waals surface area contributed by atoms with Crippen molar-refractivity contribution < 1.29 is 24.2 Å². The van der Waals surface area contributed by atoms with E-state index in [1.54, 1.807) is 14.4 Å². The smallest absolute Gasteiger partial charge is 0.407 e. The number of hydrogen-bond donors (Lipinski definition) is 1. The summed E-state index contributed by atoms with van der Waals surface area (Å²) >= 11 is 0. The lowest BCUT2D eigenvalue weighted by Crippen LogP contribution is -2.58. The van der Waals surface area contributed by atoms with E-state index in [0.717, 1.165) is 5.52 Å². The van der Waals surface area contributed by atoms with Crippen LogP contribution in [-0.2, 0) is 16.1 Å². The summed E-state index contributed by atoms with van der Waals surface area (Å²) in [6, 6.07) is 9.05. The molecular weight excluding hydrogens is 476 g/mol. The van der Waals surface area contributed by atoms with Crippen LogP contribution in [-0.4, -0.2) is 99.2 Å². The van der Waals surface area contributed by atoms with Crippen molar-refractivity contribution in [1.29, 1.82) is 5.26 Å². The van der Waals surface area contributed by atoms with Gasteiger partial charge in [0, 0.05) is 39.3 Å². The molecule has 1 aromatic heterocycles. The van der Waals surface area contributed by atoms with Gasteiger partial charge in [-0.25, -0.2) is 9.78 Å². The van der Waals surface area contributed by atoms with Gasteiger partial charge in [-0.15, -0.1) is 0 Å². The largest absolute Gasteiger partial charge is 0.465 e. The molecule has 0 spiro atoms. The zero-order valence-corrected chi connectivity index (χ0v) is 21.4. The van der Waals surface area contributed by atoms with E-state index in [1.165, 1.54) is 4.90 Å². The number of rotatable bonds is 7. The van der Waals surface area contributed by atoms with E-state index >= 15 is 0 Å². The molecule has 198 valence electrons. The first-order valence-electron chi connectivity index (χ1n) is 12.8. The number of morpholine rings is 1. The molecule has 2 aliphatic heterocycles.